The van der Waals surface area contributed by atoms with Crippen LogP contribution in [0.4, 0.5) is 11.4 Å². The van der Waals surface area contributed by atoms with Gasteiger partial charge in [-0.05, 0) is 49.7 Å². The quantitative estimate of drug-likeness (QED) is 0.177. The molecular weight excluding hydrogens is 478 g/mol. The van der Waals surface area contributed by atoms with Crippen LogP contribution in [0.2, 0.25) is 5.02 Å². The van der Waals surface area contributed by atoms with Gasteiger partial charge >= 0.3 is 0 Å². The van der Waals surface area contributed by atoms with Crippen molar-refractivity contribution in [3.8, 4) is 5.82 Å². The Balaban J connectivity index is 1.68. The van der Waals surface area contributed by atoms with Crippen LogP contribution in [0.1, 0.15) is 12.5 Å². The number of carbonyl (C=O) groups excluding carboxylic acids is 1. The third-order valence-corrected chi connectivity index (χ3v) is 6.31. The zero-order valence-corrected chi connectivity index (χ0v) is 19.6. The number of nitro groups is 1. The highest BCUT2D eigenvalue weighted by Gasteiger charge is 2.22. The average molecular weight is 496 g/mol. The zero-order valence-electron chi connectivity index (χ0n) is 18.1. The second-order valence-corrected chi connectivity index (χ2v) is 9.13. The van der Waals surface area contributed by atoms with Crippen LogP contribution in [0.3, 0.4) is 0 Å². The number of pyridine rings is 1. The van der Waals surface area contributed by atoms with Gasteiger partial charge in [-0.1, -0.05) is 35.5 Å². The molecule has 0 spiro atoms. The summed E-state index contributed by atoms with van der Waals surface area (Å²) in [5.41, 5.74) is 1.19. The number of benzene rings is 2. The lowest BCUT2D eigenvalue weighted by molar-refractivity contribution is -0.384. The topological polar surface area (TPSA) is 120 Å². The number of hydrogen-bond donors (Lipinski definition) is 1. The van der Waals surface area contributed by atoms with Gasteiger partial charge in [0, 0.05) is 18.3 Å². The van der Waals surface area contributed by atoms with E-state index in [0.29, 0.717) is 21.9 Å². The van der Waals surface area contributed by atoms with Crippen molar-refractivity contribution in [2.24, 2.45) is 0 Å². The fourth-order valence-electron chi connectivity index (χ4n) is 3.20. The molecule has 4 rings (SSSR count). The molecule has 2 aromatic heterocycles. The van der Waals surface area contributed by atoms with Crippen LogP contribution in [0, 0.1) is 17.0 Å². The molecule has 4 aromatic rings. The first-order chi connectivity index (χ1) is 16.2. The van der Waals surface area contributed by atoms with Crippen molar-refractivity contribution in [2.75, 3.05) is 5.32 Å². The van der Waals surface area contributed by atoms with E-state index in [9.17, 15) is 19.7 Å². The molecule has 0 bridgehead atoms. The van der Waals surface area contributed by atoms with Crippen molar-refractivity contribution in [1.82, 2.24) is 14.5 Å². The third-order valence-electron chi connectivity index (χ3n) is 4.95. The number of carbonyl (C=O) groups is 1. The largest absolute Gasteiger partial charge is 0.324 e. The molecule has 1 unspecified atom stereocenters. The van der Waals surface area contributed by atoms with Gasteiger partial charge in [0.25, 0.3) is 11.2 Å². The zero-order chi connectivity index (χ0) is 24.4. The molecule has 0 aliphatic rings. The number of fused-ring (bicyclic) bond motifs is 1. The number of rotatable bonds is 6. The maximum absolute atomic E-state index is 13.3. The molecule has 9 nitrogen and oxygen atoms in total. The normalized spacial score (nSPS) is 11.9. The number of thioether (sulfide) groups is 1. The van der Waals surface area contributed by atoms with Crippen molar-refractivity contribution in [3.05, 3.63) is 91.8 Å². The van der Waals surface area contributed by atoms with Crippen LogP contribution in [0.15, 0.2) is 70.7 Å². The van der Waals surface area contributed by atoms with Gasteiger partial charge in [0.05, 0.1) is 31.8 Å². The Morgan fingerprint density at radius 2 is 1.97 bits per heavy atom. The SMILES string of the molecule is Cc1ccnc(-n2c(SC(C)C(=O)Nc3ccc([N+](=O)[O-])cc3Cl)nc3ccccc3c2=O)c1. The van der Waals surface area contributed by atoms with E-state index in [2.05, 4.69) is 15.3 Å². The van der Waals surface area contributed by atoms with Crippen LogP contribution in [-0.4, -0.2) is 30.6 Å². The first kappa shape index (κ1) is 23.4. The molecule has 2 aromatic carbocycles. The molecule has 172 valence electrons. The molecule has 0 saturated heterocycles. The number of aryl methyl sites for hydroxylation is 1. The number of para-hydroxylation sites is 1. The standard InChI is InChI=1S/C23H18ClN5O4S/c1-13-9-10-25-20(11-13)28-22(31)16-5-3-4-6-18(16)27-23(28)34-14(2)21(30)26-19-8-7-15(29(32)33)12-17(19)24/h3-12,14H,1-2H3,(H,26,30). The van der Waals surface area contributed by atoms with Gasteiger partial charge in [-0.3, -0.25) is 19.7 Å². The minimum absolute atomic E-state index is 0.0458. The molecule has 34 heavy (non-hydrogen) atoms. The number of hydrogen-bond acceptors (Lipinski definition) is 7. The van der Waals surface area contributed by atoms with Crippen LogP contribution >= 0.6 is 23.4 Å². The molecular formula is C23H18ClN5O4S. The number of nitrogens with zero attached hydrogens (tertiary/aromatic N) is 4. The van der Waals surface area contributed by atoms with E-state index in [1.54, 1.807) is 43.5 Å². The van der Waals surface area contributed by atoms with Gasteiger partial charge in [0.1, 0.15) is 5.82 Å². The number of halogens is 1. The molecule has 0 radical (unpaired) electrons. The number of amides is 1. The number of anilines is 1. The van der Waals surface area contributed by atoms with Gasteiger partial charge in [-0.2, -0.15) is 0 Å². The van der Waals surface area contributed by atoms with Crippen LogP contribution in [-0.2, 0) is 4.79 Å². The molecule has 0 fully saturated rings. The molecule has 0 aliphatic carbocycles. The third kappa shape index (κ3) is 4.78. The van der Waals surface area contributed by atoms with E-state index in [1.165, 1.54) is 22.8 Å². The predicted octanol–water partition coefficient (Wildman–Crippen LogP) is 4.77. The Bertz CT molecular complexity index is 1490. The second-order valence-electron chi connectivity index (χ2n) is 7.41. The van der Waals surface area contributed by atoms with E-state index in [0.717, 1.165) is 17.3 Å². The Morgan fingerprint density at radius 3 is 2.68 bits per heavy atom. The monoisotopic (exact) mass is 495 g/mol. The fraction of sp³-hybridized carbons (Fsp3) is 0.130. The summed E-state index contributed by atoms with van der Waals surface area (Å²) in [5, 5.41) is 13.7. The molecule has 2 heterocycles. The predicted molar refractivity (Wildman–Crippen MR) is 132 cm³/mol. The smallest absolute Gasteiger partial charge is 0.271 e. The summed E-state index contributed by atoms with van der Waals surface area (Å²) < 4.78 is 1.39. The van der Waals surface area contributed by atoms with Gasteiger partial charge in [0.15, 0.2) is 5.16 Å². The number of nitrogens with one attached hydrogen (secondary N) is 1. The van der Waals surface area contributed by atoms with Gasteiger partial charge < -0.3 is 5.32 Å². The highest BCUT2D eigenvalue weighted by Crippen LogP contribution is 2.29. The lowest BCUT2D eigenvalue weighted by atomic mass is 10.2. The van der Waals surface area contributed by atoms with Gasteiger partial charge in [-0.15, -0.1) is 0 Å². The Hall–Kier alpha value is -3.76. The molecule has 0 aliphatic heterocycles. The van der Waals surface area contributed by atoms with E-state index in [-0.39, 0.29) is 22.0 Å². The van der Waals surface area contributed by atoms with Crippen LogP contribution in [0.25, 0.3) is 16.7 Å². The lowest BCUT2D eigenvalue weighted by Gasteiger charge is -2.16. The minimum atomic E-state index is -0.685. The first-order valence-electron chi connectivity index (χ1n) is 10.1. The summed E-state index contributed by atoms with van der Waals surface area (Å²) in [4.78, 5) is 45.5. The van der Waals surface area contributed by atoms with Gasteiger partial charge in [0.2, 0.25) is 5.91 Å². The second kappa shape index (κ2) is 9.62. The fourth-order valence-corrected chi connectivity index (χ4v) is 4.34. The summed E-state index contributed by atoms with van der Waals surface area (Å²) in [6.07, 6.45) is 1.60. The number of non-ortho nitro benzene ring substituents is 1. The molecule has 0 saturated carbocycles. The molecule has 1 atom stereocenters. The van der Waals surface area contributed by atoms with Crippen LogP contribution < -0.4 is 10.9 Å². The van der Waals surface area contributed by atoms with Crippen molar-refractivity contribution < 1.29 is 9.72 Å². The summed E-state index contributed by atoms with van der Waals surface area (Å²) in [7, 11) is 0. The Morgan fingerprint density at radius 1 is 1.21 bits per heavy atom. The first-order valence-corrected chi connectivity index (χ1v) is 11.4. The molecule has 1 N–H and O–H groups in total. The summed E-state index contributed by atoms with van der Waals surface area (Å²) in [6.45, 7) is 3.55. The highest BCUT2D eigenvalue weighted by molar-refractivity contribution is 8.00. The lowest BCUT2D eigenvalue weighted by Crippen LogP contribution is -2.26. The Labute approximate surface area is 203 Å². The van der Waals surface area contributed by atoms with Crippen molar-refractivity contribution in [3.63, 3.8) is 0 Å². The van der Waals surface area contributed by atoms with E-state index < -0.39 is 16.1 Å². The van der Waals surface area contributed by atoms with Crippen molar-refractivity contribution in [1.29, 1.82) is 0 Å². The number of aromatic nitrogens is 3. The summed E-state index contributed by atoms with van der Waals surface area (Å²) >= 11 is 7.19. The van der Waals surface area contributed by atoms with E-state index in [1.807, 2.05) is 13.0 Å². The minimum Gasteiger partial charge on any atom is -0.324 e. The van der Waals surface area contributed by atoms with E-state index >= 15 is 0 Å². The van der Waals surface area contributed by atoms with Crippen LogP contribution in [0.5, 0.6) is 0 Å². The number of nitro benzene ring substituents is 1. The molecule has 1 amide bonds. The summed E-state index contributed by atoms with van der Waals surface area (Å²) in [6, 6.07) is 14.3. The molecule has 11 heteroatoms. The maximum atomic E-state index is 13.3. The van der Waals surface area contributed by atoms with Crippen molar-refractivity contribution >= 4 is 51.5 Å². The van der Waals surface area contributed by atoms with Crippen molar-refractivity contribution in [2.45, 2.75) is 24.3 Å². The maximum Gasteiger partial charge on any atom is 0.271 e. The highest BCUT2D eigenvalue weighted by atomic mass is 35.5. The van der Waals surface area contributed by atoms with E-state index in [4.69, 9.17) is 11.6 Å². The Kier molecular flexibility index (Phi) is 6.62. The summed E-state index contributed by atoms with van der Waals surface area (Å²) in [5.74, 6) is -0.0105. The van der Waals surface area contributed by atoms with Gasteiger partial charge in [-0.25, -0.2) is 14.5 Å². The average Bonchev–Trinajstić information content (AvgIpc) is 2.80.